The number of hydrogen-bond acceptors (Lipinski definition) is 11. The van der Waals surface area contributed by atoms with Crippen molar-refractivity contribution in [3.8, 4) is 11.5 Å². The number of ether oxygens (including phenoxy) is 5. The number of nitrogens with one attached hydrogen (secondary N) is 1. The Morgan fingerprint density at radius 3 is 2.34 bits per heavy atom. The van der Waals surface area contributed by atoms with Gasteiger partial charge in [0, 0.05) is 18.7 Å². The van der Waals surface area contributed by atoms with Crippen molar-refractivity contribution in [1.82, 2.24) is 10.3 Å². The summed E-state index contributed by atoms with van der Waals surface area (Å²) >= 11 is 0. The first-order valence-electron chi connectivity index (χ1n) is 15.8. The number of carbonyl (C=O) groups is 5. The van der Waals surface area contributed by atoms with Crippen molar-refractivity contribution in [2.75, 3.05) is 13.7 Å². The summed E-state index contributed by atoms with van der Waals surface area (Å²) in [6, 6.07) is 9.05. The molecule has 1 fully saturated rings. The fourth-order valence-electron chi connectivity index (χ4n) is 5.39. The number of hydrogen-bond donors (Lipinski definition) is 1. The molecule has 1 saturated heterocycles. The van der Waals surface area contributed by atoms with Gasteiger partial charge in [0.25, 0.3) is 5.91 Å². The van der Waals surface area contributed by atoms with Gasteiger partial charge in [-0.1, -0.05) is 71.9 Å². The predicted molar refractivity (Wildman–Crippen MR) is 170 cm³/mol. The highest BCUT2D eigenvalue weighted by Gasteiger charge is 2.42. The van der Waals surface area contributed by atoms with Gasteiger partial charge in [-0.3, -0.25) is 19.2 Å². The number of rotatable bonds is 11. The summed E-state index contributed by atoms with van der Waals surface area (Å²) in [5.74, 6) is -5.38. The van der Waals surface area contributed by atoms with E-state index in [2.05, 4.69) is 31.1 Å². The number of carbonyl (C=O) groups excluding carboxylic acids is 5. The van der Waals surface area contributed by atoms with Crippen LogP contribution in [0.3, 0.4) is 0 Å². The van der Waals surface area contributed by atoms with Gasteiger partial charge in [-0.15, -0.1) is 0 Å². The van der Waals surface area contributed by atoms with Gasteiger partial charge in [0.2, 0.25) is 5.75 Å². The molecule has 0 aliphatic carbocycles. The van der Waals surface area contributed by atoms with Gasteiger partial charge in [-0.2, -0.15) is 0 Å². The van der Waals surface area contributed by atoms with Gasteiger partial charge in [-0.25, -0.2) is 9.78 Å². The molecule has 1 N–H and O–H groups in total. The lowest BCUT2D eigenvalue weighted by Gasteiger charge is -2.29. The van der Waals surface area contributed by atoms with Crippen molar-refractivity contribution in [2.45, 2.75) is 86.0 Å². The summed E-state index contributed by atoms with van der Waals surface area (Å²) in [6.45, 7) is 12.4. The number of esters is 4. The van der Waals surface area contributed by atoms with E-state index in [-0.39, 0.29) is 41.4 Å². The Morgan fingerprint density at radius 1 is 1.04 bits per heavy atom. The Bertz CT molecular complexity index is 1420. The van der Waals surface area contributed by atoms with Crippen LogP contribution in [-0.4, -0.2) is 66.7 Å². The molecular formula is C35H46N2O10. The van der Waals surface area contributed by atoms with E-state index in [9.17, 15) is 24.0 Å². The van der Waals surface area contributed by atoms with E-state index in [1.54, 1.807) is 13.8 Å². The average Bonchev–Trinajstić information content (AvgIpc) is 3.02. The molecule has 0 radical (unpaired) electrons. The van der Waals surface area contributed by atoms with E-state index in [0.29, 0.717) is 0 Å². The molecule has 1 aromatic heterocycles. The van der Waals surface area contributed by atoms with Gasteiger partial charge >= 0.3 is 23.9 Å². The highest BCUT2D eigenvalue weighted by Crippen LogP contribution is 2.32. The molecule has 1 aliphatic rings. The van der Waals surface area contributed by atoms with Crippen molar-refractivity contribution >= 4 is 29.8 Å². The molecule has 1 amide bonds. The minimum Gasteiger partial charge on any atom is -0.493 e. The van der Waals surface area contributed by atoms with Crippen LogP contribution in [0.25, 0.3) is 0 Å². The van der Waals surface area contributed by atoms with Crippen LogP contribution in [0, 0.1) is 23.2 Å². The molecule has 5 atom stereocenters. The molecule has 1 aromatic carbocycles. The minimum atomic E-state index is -1.46. The fourth-order valence-corrected chi connectivity index (χ4v) is 5.39. The molecule has 12 heteroatoms. The number of pyridine rings is 1. The second kappa shape index (κ2) is 16.4. The first-order chi connectivity index (χ1) is 22.1. The Morgan fingerprint density at radius 2 is 1.72 bits per heavy atom. The fraction of sp³-hybridized carbons (Fsp3) is 0.543. The van der Waals surface area contributed by atoms with Gasteiger partial charge in [0.15, 0.2) is 23.6 Å². The van der Waals surface area contributed by atoms with Crippen LogP contribution in [0.15, 0.2) is 42.6 Å². The van der Waals surface area contributed by atoms with Crippen molar-refractivity contribution in [1.29, 1.82) is 0 Å². The predicted octanol–water partition coefficient (Wildman–Crippen LogP) is 4.47. The Hall–Kier alpha value is -4.48. The monoisotopic (exact) mass is 654 g/mol. The zero-order chi connectivity index (χ0) is 34.9. The smallest absolute Gasteiger partial charge is 0.332 e. The molecule has 5 unspecified atom stereocenters. The van der Waals surface area contributed by atoms with Gasteiger partial charge < -0.3 is 29.0 Å². The molecule has 0 saturated carbocycles. The Labute approximate surface area is 275 Å². The summed E-state index contributed by atoms with van der Waals surface area (Å²) in [5, 5.41) is 2.49. The molecule has 3 rings (SSSR count). The summed E-state index contributed by atoms with van der Waals surface area (Å²) < 4.78 is 27.8. The van der Waals surface area contributed by atoms with Crippen LogP contribution in [0.1, 0.15) is 77.4 Å². The maximum atomic E-state index is 13.5. The number of amides is 1. The van der Waals surface area contributed by atoms with Crippen molar-refractivity contribution < 1.29 is 47.7 Å². The Kier molecular flexibility index (Phi) is 12.9. The molecule has 2 aromatic rings. The molecule has 2 heterocycles. The van der Waals surface area contributed by atoms with Crippen LogP contribution in [0.5, 0.6) is 11.5 Å². The Balaban J connectivity index is 1.85. The van der Waals surface area contributed by atoms with E-state index < -0.39 is 66.5 Å². The molecular weight excluding hydrogens is 608 g/mol. The van der Waals surface area contributed by atoms with E-state index in [0.717, 1.165) is 12.0 Å². The first kappa shape index (κ1) is 37.0. The van der Waals surface area contributed by atoms with Crippen molar-refractivity contribution in [3.05, 3.63) is 53.9 Å². The summed E-state index contributed by atoms with van der Waals surface area (Å²) in [7, 11) is 1.35. The van der Waals surface area contributed by atoms with E-state index in [1.807, 2.05) is 37.3 Å². The maximum Gasteiger partial charge on any atom is 0.332 e. The summed E-state index contributed by atoms with van der Waals surface area (Å²) in [5.41, 5.74) is 0.459. The minimum absolute atomic E-state index is 0.000424. The molecule has 47 heavy (non-hydrogen) atoms. The molecule has 256 valence electrons. The van der Waals surface area contributed by atoms with Crippen molar-refractivity contribution in [2.24, 2.45) is 23.2 Å². The van der Waals surface area contributed by atoms with Crippen LogP contribution in [0.2, 0.25) is 0 Å². The summed E-state index contributed by atoms with van der Waals surface area (Å²) in [4.78, 5) is 70.0. The highest BCUT2D eigenvalue weighted by atomic mass is 16.6. The van der Waals surface area contributed by atoms with Crippen LogP contribution < -0.4 is 14.8 Å². The molecule has 12 nitrogen and oxygen atoms in total. The first-order valence-corrected chi connectivity index (χ1v) is 15.8. The number of cyclic esters (lactones) is 2. The summed E-state index contributed by atoms with van der Waals surface area (Å²) in [6.07, 6.45) is 0.0497. The third-order valence-corrected chi connectivity index (χ3v) is 7.46. The number of methoxy groups -OCH3 is 1. The topological polar surface area (TPSA) is 156 Å². The average molecular weight is 655 g/mol. The van der Waals surface area contributed by atoms with Crippen LogP contribution in [0.4, 0.5) is 0 Å². The quantitative estimate of drug-likeness (QED) is 0.269. The zero-order valence-corrected chi connectivity index (χ0v) is 28.4. The third kappa shape index (κ3) is 10.8. The standard InChI is InChI=1S/C35H46N2O10/c1-20(2)32(40)47-29-22(4)45-34(42)25(19-44-33(41)24(29)17-23-12-10-9-11-13-23)37-31(39)28-30(26(43-8)14-15-36-28)46-27(38)16-21(3)18-35(5,6)7/h9-15,20-22,24-25,29H,16-19H2,1-8H3,(H,37,39). The number of nitrogens with zero attached hydrogens (tertiary/aromatic N) is 1. The lowest BCUT2D eigenvalue weighted by Crippen LogP contribution is -2.47. The van der Waals surface area contributed by atoms with E-state index in [4.69, 9.17) is 23.7 Å². The number of benzene rings is 1. The zero-order valence-electron chi connectivity index (χ0n) is 28.4. The lowest BCUT2D eigenvalue weighted by molar-refractivity contribution is -0.176. The largest absolute Gasteiger partial charge is 0.493 e. The van der Waals surface area contributed by atoms with Crippen LogP contribution in [-0.2, 0) is 39.8 Å². The van der Waals surface area contributed by atoms with Crippen LogP contribution >= 0.6 is 0 Å². The van der Waals surface area contributed by atoms with E-state index >= 15 is 0 Å². The van der Waals surface area contributed by atoms with Crippen molar-refractivity contribution in [3.63, 3.8) is 0 Å². The number of aromatic nitrogens is 1. The molecule has 0 bridgehead atoms. The van der Waals surface area contributed by atoms with E-state index in [1.165, 1.54) is 26.3 Å². The SMILES string of the molecule is COc1ccnc(C(=O)NC2COC(=O)C(Cc3ccccc3)C(OC(=O)C(C)C)C(C)OC2=O)c1OC(=O)CC(C)CC(C)(C)C. The van der Waals surface area contributed by atoms with Gasteiger partial charge in [0.05, 0.1) is 13.0 Å². The van der Waals surface area contributed by atoms with Gasteiger partial charge in [-0.05, 0) is 36.7 Å². The maximum absolute atomic E-state index is 13.5. The third-order valence-electron chi connectivity index (χ3n) is 7.46. The van der Waals surface area contributed by atoms with Gasteiger partial charge in [0.1, 0.15) is 18.6 Å². The molecule has 0 spiro atoms. The highest BCUT2D eigenvalue weighted by molar-refractivity contribution is 5.99. The normalized spacial score (nSPS) is 20.9. The molecule has 1 aliphatic heterocycles. The lowest BCUT2D eigenvalue weighted by atomic mass is 9.84. The second-order valence-corrected chi connectivity index (χ2v) is 13.4. The second-order valence-electron chi connectivity index (χ2n) is 13.4.